The van der Waals surface area contributed by atoms with Crippen LogP contribution < -0.4 is 14.8 Å². The number of benzene rings is 2. The molecule has 1 aliphatic heterocycles. The van der Waals surface area contributed by atoms with E-state index in [1.165, 1.54) is 5.56 Å². The van der Waals surface area contributed by atoms with Gasteiger partial charge in [0.25, 0.3) is 0 Å². The van der Waals surface area contributed by atoms with Crippen molar-refractivity contribution >= 4 is 18.2 Å². The number of hydrogen-bond donors (Lipinski definition) is 1. The van der Waals surface area contributed by atoms with Crippen LogP contribution in [0.1, 0.15) is 41.4 Å². The Morgan fingerprint density at radius 1 is 1.21 bits per heavy atom. The number of methoxy groups -OCH3 is 1. The third-order valence-electron chi connectivity index (χ3n) is 4.99. The number of para-hydroxylation sites is 1. The first-order valence-corrected chi connectivity index (χ1v) is 9.48. The minimum atomic E-state index is 0. The predicted octanol–water partition coefficient (Wildman–Crippen LogP) is 3.86. The zero-order valence-electron chi connectivity index (χ0n) is 16.7. The highest BCUT2D eigenvalue weighted by molar-refractivity contribution is 5.94. The Morgan fingerprint density at radius 2 is 2.00 bits per heavy atom. The molecule has 0 amide bonds. The lowest BCUT2D eigenvalue weighted by Crippen LogP contribution is -2.45. The van der Waals surface area contributed by atoms with Crippen LogP contribution in [-0.4, -0.2) is 44.0 Å². The number of ether oxygens (including phenoxy) is 2. The van der Waals surface area contributed by atoms with Gasteiger partial charge >= 0.3 is 0 Å². The summed E-state index contributed by atoms with van der Waals surface area (Å²) in [4.78, 5) is 14.3. The third kappa shape index (κ3) is 5.04. The zero-order valence-corrected chi connectivity index (χ0v) is 17.6. The van der Waals surface area contributed by atoms with Gasteiger partial charge in [-0.05, 0) is 38.1 Å². The molecule has 2 aromatic rings. The van der Waals surface area contributed by atoms with Crippen LogP contribution in [0.2, 0.25) is 0 Å². The van der Waals surface area contributed by atoms with E-state index >= 15 is 0 Å². The van der Waals surface area contributed by atoms with Crippen molar-refractivity contribution in [2.45, 2.75) is 26.4 Å². The minimum absolute atomic E-state index is 0. The SMILES string of the molecule is CCOc1ccc(C(C)=O)cc1CN1CCNCC1c1ccccc1OC.Cl. The number of piperazine rings is 1. The van der Waals surface area contributed by atoms with Crippen molar-refractivity contribution < 1.29 is 14.3 Å². The maximum atomic E-state index is 11.8. The number of hydrogen-bond acceptors (Lipinski definition) is 5. The lowest BCUT2D eigenvalue weighted by Gasteiger charge is -2.37. The summed E-state index contributed by atoms with van der Waals surface area (Å²) in [6.07, 6.45) is 0. The largest absolute Gasteiger partial charge is 0.496 e. The number of ketones is 1. The second kappa shape index (κ2) is 10.5. The molecule has 1 heterocycles. The molecule has 0 spiro atoms. The summed E-state index contributed by atoms with van der Waals surface area (Å²) >= 11 is 0. The summed E-state index contributed by atoms with van der Waals surface area (Å²) in [5.74, 6) is 1.82. The van der Waals surface area contributed by atoms with Crippen molar-refractivity contribution in [2.24, 2.45) is 0 Å². The molecular formula is C22H29ClN2O3. The predicted molar refractivity (Wildman–Crippen MR) is 114 cm³/mol. The molecule has 2 aromatic carbocycles. The minimum Gasteiger partial charge on any atom is -0.496 e. The lowest BCUT2D eigenvalue weighted by atomic mass is 10.00. The van der Waals surface area contributed by atoms with Crippen molar-refractivity contribution in [3.8, 4) is 11.5 Å². The smallest absolute Gasteiger partial charge is 0.159 e. The van der Waals surface area contributed by atoms with Gasteiger partial charge < -0.3 is 14.8 Å². The molecule has 0 aromatic heterocycles. The Balaban J connectivity index is 0.00000280. The average molecular weight is 405 g/mol. The molecule has 1 atom stereocenters. The van der Waals surface area contributed by atoms with Gasteiger partial charge in [-0.15, -0.1) is 12.4 Å². The molecule has 0 radical (unpaired) electrons. The molecule has 6 heteroatoms. The van der Waals surface area contributed by atoms with Gasteiger partial charge in [-0.25, -0.2) is 0 Å². The molecule has 0 saturated carbocycles. The van der Waals surface area contributed by atoms with Gasteiger partial charge in [0, 0.05) is 42.9 Å². The van der Waals surface area contributed by atoms with E-state index in [-0.39, 0.29) is 24.2 Å². The molecule has 3 rings (SSSR count). The van der Waals surface area contributed by atoms with Crippen LogP contribution in [0.5, 0.6) is 11.5 Å². The van der Waals surface area contributed by atoms with Crippen LogP contribution in [-0.2, 0) is 6.54 Å². The monoisotopic (exact) mass is 404 g/mol. The standard InChI is InChI=1S/C22H28N2O3.ClH/c1-4-27-21-10-9-17(16(2)25)13-18(21)15-24-12-11-23-14-20(24)19-7-5-6-8-22(19)26-3;/h5-10,13,20,23H,4,11-12,14-15H2,1-3H3;1H. The molecule has 1 fully saturated rings. The molecule has 1 unspecified atom stereocenters. The zero-order chi connectivity index (χ0) is 19.2. The summed E-state index contributed by atoms with van der Waals surface area (Å²) in [5, 5.41) is 3.49. The fourth-order valence-corrected chi connectivity index (χ4v) is 3.62. The van der Waals surface area contributed by atoms with E-state index in [9.17, 15) is 4.79 Å². The van der Waals surface area contributed by atoms with Gasteiger partial charge in [0.1, 0.15) is 11.5 Å². The summed E-state index contributed by atoms with van der Waals surface area (Å²) in [6, 6.07) is 14.1. The van der Waals surface area contributed by atoms with Gasteiger partial charge in [0.15, 0.2) is 5.78 Å². The molecule has 28 heavy (non-hydrogen) atoms. The Hall–Kier alpha value is -2.08. The summed E-state index contributed by atoms with van der Waals surface area (Å²) < 4.78 is 11.4. The first-order valence-electron chi connectivity index (χ1n) is 9.48. The van der Waals surface area contributed by atoms with Gasteiger partial charge in [0.05, 0.1) is 19.8 Å². The number of rotatable bonds is 7. The van der Waals surface area contributed by atoms with Gasteiger partial charge in [-0.3, -0.25) is 9.69 Å². The van der Waals surface area contributed by atoms with Crippen LogP contribution in [0.4, 0.5) is 0 Å². The van der Waals surface area contributed by atoms with E-state index in [4.69, 9.17) is 9.47 Å². The first-order chi connectivity index (χ1) is 13.1. The molecule has 0 bridgehead atoms. The number of halogens is 1. The molecule has 152 valence electrons. The Bertz CT molecular complexity index is 797. The average Bonchev–Trinajstić information content (AvgIpc) is 2.69. The Labute approximate surface area is 173 Å². The maximum absolute atomic E-state index is 11.8. The van der Waals surface area contributed by atoms with Crippen molar-refractivity contribution in [2.75, 3.05) is 33.4 Å². The second-order valence-corrected chi connectivity index (χ2v) is 6.74. The third-order valence-corrected chi connectivity index (χ3v) is 4.99. The van der Waals surface area contributed by atoms with Gasteiger partial charge in [0.2, 0.25) is 0 Å². The number of carbonyl (C=O) groups excluding carboxylic acids is 1. The molecule has 5 nitrogen and oxygen atoms in total. The highest BCUT2D eigenvalue weighted by Crippen LogP contribution is 2.32. The summed E-state index contributed by atoms with van der Waals surface area (Å²) in [7, 11) is 1.71. The van der Waals surface area contributed by atoms with Crippen LogP contribution in [0.15, 0.2) is 42.5 Å². The van der Waals surface area contributed by atoms with E-state index in [1.807, 2.05) is 43.3 Å². The fourth-order valence-electron chi connectivity index (χ4n) is 3.62. The van der Waals surface area contributed by atoms with Crippen molar-refractivity contribution in [1.82, 2.24) is 10.2 Å². The highest BCUT2D eigenvalue weighted by atomic mass is 35.5. The number of nitrogens with zero attached hydrogens (tertiary/aromatic N) is 1. The molecule has 1 N–H and O–H groups in total. The summed E-state index contributed by atoms with van der Waals surface area (Å²) in [5.41, 5.74) is 2.94. The first kappa shape index (κ1) is 22.2. The Kier molecular flexibility index (Phi) is 8.30. The van der Waals surface area contributed by atoms with Gasteiger partial charge in [-0.2, -0.15) is 0 Å². The van der Waals surface area contributed by atoms with E-state index in [0.29, 0.717) is 6.61 Å². The quantitative estimate of drug-likeness (QED) is 0.710. The van der Waals surface area contributed by atoms with E-state index in [0.717, 1.165) is 48.8 Å². The maximum Gasteiger partial charge on any atom is 0.159 e. The fraction of sp³-hybridized carbons (Fsp3) is 0.409. The van der Waals surface area contributed by atoms with E-state index in [2.05, 4.69) is 16.3 Å². The molecule has 1 saturated heterocycles. The number of nitrogens with one attached hydrogen (secondary N) is 1. The Morgan fingerprint density at radius 3 is 2.71 bits per heavy atom. The van der Waals surface area contributed by atoms with Crippen molar-refractivity contribution in [3.63, 3.8) is 0 Å². The van der Waals surface area contributed by atoms with Gasteiger partial charge in [-0.1, -0.05) is 18.2 Å². The molecular weight excluding hydrogens is 376 g/mol. The van der Waals surface area contributed by atoms with Crippen LogP contribution in [0.25, 0.3) is 0 Å². The number of carbonyl (C=O) groups is 1. The van der Waals surface area contributed by atoms with Crippen molar-refractivity contribution in [1.29, 1.82) is 0 Å². The van der Waals surface area contributed by atoms with E-state index in [1.54, 1.807) is 14.0 Å². The van der Waals surface area contributed by atoms with Crippen LogP contribution in [0, 0.1) is 0 Å². The second-order valence-electron chi connectivity index (χ2n) is 6.74. The lowest BCUT2D eigenvalue weighted by molar-refractivity contribution is 0.101. The molecule has 0 aliphatic carbocycles. The number of Topliss-reactive ketones (excluding diaryl/α,β-unsaturated/α-hetero) is 1. The van der Waals surface area contributed by atoms with Crippen molar-refractivity contribution in [3.05, 3.63) is 59.2 Å². The van der Waals surface area contributed by atoms with Crippen LogP contribution in [0.3, 0.4) is 0 Å². The normalized spacial score (nSPS) is 16.9. The van der Waals surface area contributed by atoms with Crippen LogP contribution >= 0.6 is 12.4 Å². The van der Waals surface area contributed by atoms with E-state index < -0.39 is 0 Å². The molecule has 1 aliphatic rings. The summed E-state index contributed by atoms with van der Waals surface area (Å²) in [6.45, 7) is 7.61. The highest BCUT2D eigenvalue weighted by Gasteiger charge is 2.27. The topological polar surface area (TPSA) is 50.8 Å².